The van der Waals surface area contributed by atoms with Gasteiger partial charge in [-0.3, -0.25) is 0 Å². The lowest BCUT2D eigenvalue weighted by Gasteiger charge is -2.25. The molecule has 0 aromatic carbocycles. The first-order valence-electron chi connectivity index (χ1n) is 6.59. The predicted octanol–water partition coefficient (Wildman–Crippen LogP) is 4.26. The van der Waals surface area contributed by atoms with Gasteiger partial charge in [-0.1, -0.05) is 48.6 Å². The SMILES string of the molecule is C1=CC2=CC(=CC1)C(C1=CC3C=C3C=C1)CC2. The second-order valence-corrected chi connectivity index (χ2v) is 5.35. The Hall–Kier alpha value is -1.56. The molecule has 0 nitrogen and oxygen atoms in total. The van der Waals surface area contributed by atoms with Gasteiger partial charge in [-0.25, -0.2) is 0 Å². The summed E-state index contributed by atoms with van der Waals surface area (Å²) >= 11 is 0. The van der Waals surface area contributed by atoms with Gasteiger partial charge in [0.25, 0.3) is 0 Å². The van der Waals surface area contributed by atoms with Crippen LogP contribution in [0, 0.1) is 11.8 Å². The summed E-state index contributed by atoms with van der Waals surface area (Å²) in [5.41, 5.74) is 6.10. The highest BCUT2D eigenvalue weighted by molar-refractivity contribution is 5.54. The summed E-state index contributed by atoms with van der Waals surface area (Å²) in [5, 5.41) is 0. The summed E-state index contributed by atoms with van der Waals surface area (Å²) in [4.78, 5) is 0. The first-order chi connectivity index (χ1) is 8.40. The van der Waals surface area contributed by atoms with Crippen molar-refractivity contribution in [1.82, 2.24) is 0 Å². The highest BCUT2D eigenvalue weighted by Crippen LogP contribution is 2.42. The van der Waals surface area contributed by atoms with E-state index >= 15 is 0 Å². The van der Waals surface area contributed by atoms with Gasteiger partial charge in [0.1, 0.15) is 0 Å². The van der Waals surface area contributed by atoms with Crippen molar-refractivity contribution in [2.24, 2.45) is 11.8 Å². The summed E-state index contributed by atoms with van der Waals surface area (Å²) in [6.07, 6.45) is 22.4. The lowest BCUT2D eigenvalue weighted by Crippen LogP contribution is -2.11. The van der Waals surface area contributed by atoms with Gasteiger partial charge < -0.3 is 0 Å². The molecule has 4 rings (SSSR count). The van der Waals surface area contributed by atoms with Crippen LogP contribution in [0.1, 0.15) is 19.3 Å². The molecule has 0 heterocycles. The molecule has 2 atom stereocenters. The molecule has 4 aliphatic carbocycles. The maximum absolute atomic E-state index is 2.46. The van der Waals surface area contributed by atoms with E-state index in [-0.39, 0.29) is 0 Å². The molecule has 0 heteroatoms. The third-order valence-corrected chi connectivity index (χ3v) is 4.19. The van der Waals surface area contributed by atoms with Crippen molar-refractivity contribution in [3.8, 4) is 0 Å². The van der Waals surface area contributed by atoms with E-state index in [1.807, 2.05) is 0 Å². The van der Waals surface area contributed by atoms with Gasteiger partial charge in [0.2, 0.25) is 0 Å². The Morgan fingerprint density at radius 3 is 2.76 bits per heavy atom. The van der Waals surface area contributed by atoms with Gasteiger partial charge in [0.05, 0.1) is 0 Å². The number of fused-ring (bicyclic) bond motifs is 2. The fraction of sp³-hybridized carbons (Fsp3) is 0.294. The maximum atomic E-state index is 2.46. The van der Waals surface area contributed by atoms with Crippen molar-refractivity contribution in [2.75, 3.05) is 0 Å². The zero-order valence-electron chi connectivity index (χ0n) is 9.89. The molecule has 0 aromatic rings. The smallest absolute Gasteiger partial charge is 0.0207 e. The molecule has 0 N–H and O–H groups in total. The third kappa shape index (κ3) is 1.59. The van der Waals surface area contributed by atoms with Gasteiger partial charge in [-0.15, -0.1) is 0 Å². The van der Waals surface area contributed by atoms with E-state index in [0.29, 0.717) is 11.8 Å². The minimum Gasteiger partial charge on any atom is -0.0805 e. The standard InChI is InChI=1S/C17H16/c1-2-4-14-9-12(3-1)5-8-17(14)15-7-6-13-10-16(13)11-15/h1,3-4,6-7,9-11,16-17H,2,5,8H2. The van der Waals surface area contributed by atoms with E-state index in [0.717, 1.165) is 6.42 Å². The van der Waals surface area contributed by atoms with Crippen LogP contribution in [0.15, 0.2) is 70.9 Å². The van der Waals surface area contributed by atoms with E-state index in [4.69, 9.17) is 0 Å². The van der Waals surface area contributed by atoms with Crippen molar-refractivity contribution in [3.63, 3.8) is 0 Å². The first-order valence-corrected chi connectivity index (χ1v) is 6.59. The Morgan fingerprint density at radius 1 is 0.941 bits per heavy atom. The molecule has 0 fully saturated rings. The maximum Gasteiger partial charge on any atom is 0.0207 e. The molecule has 17 heavy (non-hydrogen) atoms. The molecule has 2 bridgehead atoms. The Labute approximate surface area is 102 Å². The van der Waals surface area contributed by atoms with Gasteiger partial charge in [0, 0.05) is 11.8 Å². The van der Waals surface area contributed by atoms with Crippen molar-refractivity contribution < 1.29 is 0 Å². The van der Waals surface area contributed by atoms with Crippen LogP contribution in [0.2, 0.25) is 0 Å². The fourth-order valence-electron chi connectivity index (χ4n) is 3.14. The second-order valence-electron chi connectivity index (χ2n) is 5.35. The van der Waals surface area contributed by atoms with E-state index in [2.05, 4.69) is 48.6 Å². The summed E-state index contributed by atoms with van der Waals surface area (Å²) in [6.45, 7) is 0. The summed E-state index contributed by atoms with van der Waals surface area (Å²) in [7, 11) is 0. The lowest BCUT2D eigenvalue weighted by atomic mass is 9.79. The topological polar surface area (TPSA) is 0 Å². The normalized spacial score (nSPS) is 32.9. The van der Waals surface area contributed by atoms with Crippen molar-refractivity contribution in [2.45, 2.75) is 19.3 Å². The molecule has 2 unspecified atom stereocenters. The van der Waals surface area contributed by atoms with Crippen LogP contribution in [-0.2, 0) is 0 Å². The Bertz CT molecular complexity index is 547. The Morgan fingerprint density at radius 2 is 1.82 bits per heavy atom. The molecule has 0 aromatic heterocycles. The molecule has 0 spiro atoms. The van der Waals surface area contributed by atoms with Gasteiger partial charge in [-0.2, -0.15) is 0 Å². The van der Waals surface area contributed by atoms with Crippen LogP contribution >= 0.6 is 0 Å². The molecule has 0 aliphatic heterocycles. The molecule has 84 valence electrons. The van der Waals surface area contributed by atoms with Crippen LogP contribution in [0.4, 0.5) is 0 Å². The zero-order chi connectivity index (χ0) is 11.2. The minimum atomic E-state index is 0.644. The van der Waals surface area contributed by atoms with Gasteiger partial charge in [0.15, 0.2) is 0 Å². The van der Waals surface area contributed by atoms with Crippen molar-refractivity contribution in [1.29, 1.82) is 0 Å². The number of allylic oxidation sites excluding steroid dienone is 12. The monoisotopic (exact) mass is 220 g/mol. The largest absolute Gasteiger partial charge is 0.0805 e. The molecule has 0 saturated carbocycles. The predicted molar refractivity (Wildman–Crippen MR) is 71.4 cm³/mol. The van der Waals surface area contributed by atoms with E-state index in [9.17, 15) is 0 Å². The summed E-state index contributed by atoms with van der Waals surface area (Å²) < 4.78 is 0. The molecule has 0 radical (unpaired) electrons. The van der Waals surface area contributed by atoms with E-state index in [1.54, 1.807) is 0 Å². The van der Waals surface area contributed by atoms with Crippen molar-refractivity contribution >= 4 is 0 Å². The minimum absolute atomic E-state index is 0.644. The van der Waals surface area contributed by atoms with Crippen molar-refractivity contribution in [3.05, 3.63) is 70.9 Å². The lowest BCUT2D eigenvalue weighted by molar-refractivity contribution is 0.639. The quantitative estimate of drug-likeness (QED) is 0.619. The fourth-order valence-corrected chi connectivity index (χ4v) is 3.14. The third-order valence-electron chi connectivity index (χ3n) is 4.19. The Balaban J connectivity index is 1.68. The zero-order valence-corrected chi connectivity index (χ0v) is 9.89. The summed E-state index contributed by atoms with van der Waals surface area (Å²) in [6, 6.07) is 0. The van der Waals surface area contributed by atoms with Crippen LogP contribution in [0.5, 0.6) is 0 Å². The van der Waals surface area contributed by atoms with E-state index < -0.39 is 0 Å². The Kier molecular flexibility index (Phi) is 1.93. The van der Waals surface area contributed by atoms with Crippen LogP contribution in [0.25, 0.3) is 0 Å². The number of hydrogen-bond acceptors (Lipinski definition) is 0. The molecule has 4 aliphatic rings. The highest BCUT2D eigenvalue weighted by Gasteiger charge is 2.28. The number of rotatable bonds is 1. The highest BCUT2D eigenvalue weighted by atomic mass is 14.3. The van der Waals surface area contributed by atoms with Crippen LogP contribution in [0.3, 0.4) is 0 Å². The first kappa shape index (κ1) is 9.47. The average Bonchev–Trinajstić information content (AvgIpc) is 3.13. The van der Waals surface area contributed by atoms with Crippen LogP contribution in [-0.4, -0.2) is 0 Å². The summed E-state index contributed by atoms with van der Waals surface area (Å²) in [5.74, 6) is 1.32. The average molecular weight is 220 g/mol. The second kappa shape index (κ2) is 3.46. The molecule has 0 saturated heterocycles. The molecular weight excluding hydrogens is 204 g/mol. The van der Waals surface area contributed by atoms with Crippen LogP contribution < -0.4 is 0 Å². The van der Waals surface area contributed by atoms with E-state index in [1.165, 1.54) is 35.1 Å². The number of hydrogen-bond donors (Lipinski definition) is 0. The van der Waals surface area contributed by atoms with Gasteiger partial charge in [-0.05, 0) is 41.6 Å². The van der Waals surface area contributed by atoms with Gasteiger partial charge >= 0.3 is 0 Å². The molecule has 0 amide bonds. The molecular formula is C17H16.